The number of halogens is 1. The Kier molecular flexibility index (Phi) is 7.87. The van der Waals surface area contributed by atoms with Gasteiger partial charge in [0, 0.05) is 17.5 Å². The van der Waals surface area contributed by atoms with Crippen molar-refractivity contribution >= 4 is 28.3 Å². The van der Waals surface area contributed by atoms with Crippen LogP contribution in [0.15, 0.2) is 109 Å². The highest BCUT2D eigenvalue weighted by Crippen LogP contribution is 2.30. The minimum atomic E-state index is -1.01. The molecule has 0 heterocycles. The average molecular weight is 534 g/mol. The van der Waals surface area contributed by atoms with Crippen molar-refractivity contribution in [1.82, 2.24) is 0 Å². The number of anilines is 1. The zero-order chi connectivity index (χ0) is 28.1. The van der Waals surface area contributed by atoms with Gasteiger partial charge in [0.15, 0.2) is 0 Å². The van der Waals surface area contributed by atoms with Gasteiger partial charge in [0.25, 0.3) is 0 Å². The highest BCUT2D eigenvalue weighted by Gasteiger charge is 2.21. The maximum atomic E-state index is 14.4. The van der Waals surface area contributed by atoms with E-state index in [0.717, 1.165) is 22.4 Å². The van der Waals surface area contributed by atoms with E-state index in [0.29, 0.717) is 28.4 Å². The third-order valence-corrected chi connectivity index (χ3v) is 6.97. The smallest absolute Gasteiger partial charge is 0.335 e. The standard InChI is InChI=1S/C34H28FNO4/c1-22(27-17-18-31(35)30-14-8-7-13-29(27)30)33(37)36-32-19-23(21-40-26-10-3-2-4-11-26)15-16-25(32)20-24-9-5-6-12-28(24)34(38)39/h2-19,22H,20-21H2,1H3,(H,36,37)(H,38,39). The van der Waals surface area contributed by atoms with Gasteiger partial charge in [0.2, 0.25) is 5.91 Å². The molecule has 0 aliphatic heterocycles. The van der Waals surface area contributed by atoms with Crippen LogP contribution in [0.2, 0.25) is 0 Å². The molecule has 0 radical (unpaired) electrons. The van der Waals surface area contributed by atoms with Crippen molar-refractivity contribution in [2.75, 3.05) is 5.32 Å². The van der Waals surface area contributed by atoms with Crippen molar-refractivity contribution < 1.29 is 23.8 Å². The lowest BCUT2D eigenvalue weighted by molar-refractivity contribution is -0.117. The number of ether oxygens (including phenoxy) is 1. The molecule has 6 heteroatoms. The van der Waals surface area contributed by atoms with E-state index < -0.39 is 11.9 Å². The zero-order valence-electron chi connectivity index (χ0n) is 21.9. The molecule has 200 valence electrons. The molecular weight excluding hydrogens is 505 g/mol. The van der Waals surface area contributed by atoms with E-state index >= 15 is 0 Å². The molecule has 5 rings (SSSR count). The first-order valence-corrected chi connectivity index (χ1v) is 13.0. The molecule has 0 saturated carbocycles. The summed E-state index contributed by atoms with van der Waals surface area (Å²) in [6.45, 7) is 2.08. The summed E-state index contributed by atoms with van der Waals surface area (Å²) in [5, 5.41) is 13.9. The number of carbonyl (C=O) groups excluding carboxylic acids is 1. The molecule has 2 N–H and O–H groups in total. The van der Waals surface area contributed by atoms with Crippen molar-refractivity contribution in [2.45, 2.75) is 25.9 Å². The van der Waals surface area contributed by atoms with E-state index in [1.165, 1.54) is 6.07 Å². The van der Waals surface area contributed by atoms with E-state index in [1.54, 1.807) is 49.4 Å². The third-order valence-electron chi connectivity index (χ3n) is 6.97. The van der Waals surface area contributed by atoms with Gasteiger partial charge in [-0.3, -0.25) is 4.79 Å². The van der Waals surface area contributed by atoms with Crippen LogP contribution in [0.4, 0.5) is 10.1 Å². The number of para-hydroxylation sites is 1. The van der Waals surface area contributed by atoms with Crippen LogP contribution in [-0.4, -0.2) is 17.0 Å². The quantitative estimate of drug-likeness (QED) is 0.205. The Morgan fingerprint density at radius 1 is 0.825 bits per heavy atom. The van der Waals surface area contributed by atoms with Crippen LogP contribution < -0.4 is 10.1 Å². The second kappa shape index (κ2) is 11.8. The Morgan fingerprint density at radius 3 is 2.30 bits per heavy atom. The molecule has 0 saturated heterocycles. The molecule has 5 aromatic carbocycles. The van der Waals surface area contributed by atoms with Gasteiger partial charge in [-0.2, -0.15) is 0 Å². The Morgan fingerprint density at radius 2 is 1.52 bits per heavy atom. The molecule has 0 aromatic heterocycles. The van der Waals surface area contributed by atoms with Crippen molar-refractivity contribution in [3.05, 3.63) is 143 Å². The molecule has 0 aliphatic carbocycles. The average Bonchev–Trinajstić information content (AvgIpc) is 2.98. The van der Waals surface area contributed by atoms with Gasteiger partial charge in [-0.15, -0.1) is 0 Å². The minimum absolute atomic E-state index is 0.211. The SMILES string of the molecule is CC(C(=O)Nc1cc(COc2ccccc2)ccc1Cc1ccccc1C(=O)O)c1ccc(F)c2ccccc12. The number of carbonyl (C=O) groups is 2. The normalized spacial score (nSPS) is 11.7. The number of rotatable bonds is 9. The lowest BCUT2D eigenvalue weighted by Crippen LogP contribution is -2.20. The van der Waals surface area contributed by atoms with Crippen LogP contribution in [0.1, 0.15) is 45.5 Å². The summed E-state index contributed by atoms with van der Waals surface area (Å²) < 4.78 is 20.3. The molecule has 5 nitrogen and oxygen atoms in total. The summed E-state index contributed by atoms with van der Waals surface area (Å²) in [5.41, 5.74) is 3.74. The van der Waals surface area contributed by atoms with Gasteiger partial charge in [-0.25, -0.2) is 9.18 Å². The van der Waals surface area contributed by atoms with Crippen LogP contribution in [0.3, 0.4) is 0 Å². The molecule has 0 aliphatic rings. The minimum Gasteiger partial charge on any atom is -0.489 e. The molecule has 1 unspecified atom stereocenters. The van der Waals surface area contributed by atoms with Gasteiger partial charge in [0.05, 0.1) is 11.5 Å². The first-order chi connectivity index (χ1) is 19.4. The Bertz CT molecular complexity index is 1680. The van der Waals surface area contributed by atoms with Gasteiger partial charge in [-0.1, -0.05) is 78.9 Å². The second-order valence-electron chi connectivity index (χ2n) is 9.63. The topological polar surface area (TPSA) is 75.6 Å². The highest BCUT2D eigenvalue weighted by molar-refractivity contribution is 6.00. The Labute approximate surface area is 231 Å². The number of nitrogens with one attached hydrogen (secondary N) is 1. The number of hydrogen-bond donors (Lipinski definition) is 2. The molecular formula is C34H28FNO4. The summed E-state index contributed by atoms with van der Waals surface area (Å²) in [5.74, 6) is -1.45. The van der Waals surface area contributed by atoms with E-state index in [1.807, 2.05) is 60.7 Å². The van der Waals surface area contributed by atoms with Crippen LogP contribution in [0.25, 0.3) is 10.8 Å². The van der Waals surface area contributed by atoms with Crippen LogP contribution in [0.5, 0.6) is 5.75 Å². The summed E-state index contributed by atoms with van der Waals surface area (Å²) in [6, 6.07) is 32.1. The number of fused-ring (bicyclic) bond motifs is 1. The van der Waals surface area contributed by atoms with Crippen molar-refractivity contribution in [3.8, 4) is 5.75 Å². The van der Waals surface area contributed by atoms with Crippen LogP contribution >= 0.6 is 0 Å². The summed E-state index contributed by atoms with van der Waals surface area (Å²) in [4.78, 5) is 25.4. The molecule has 1 amide bonds. The number of hydrogen-bond acceptors (Lipinski definition) is 3. The van der Waals surface area contributed by atoms with Crippen LogP contribution in [-0.2, 0) is 17.8 Å². The molecule has 40 heavy (non-hydrogen) atoms. The number of aromatic carboxylic acids is 1. The fourth-order valence-electron chi connectivity index (χ4n) is 4.80. The van der Waals surface area contributed by atoms with E-state index in [-0.39, 0.29) is 23.9 Å². The highest BCUT2D eigenvalue weighted by atomic mass is 19.1. The predicted molar refractivity (Wildman–Crippen MR) is 154 cm³/mol. The molecule has 0 spiro atoms. The van der Waals surface area contributed by atoms with Crippen molar-refractivity contribution in [2.24, 2.45) is 0 Å². The van der Waals surface area contributed by atoms with Crippen LogP contribution in [0, 0.1) is 5.82 Å². The number of benzene rings is 5. The Hall–Kier alpha value is -4.97. The second-order valence-corrected chi connectivity index (χ2v) is 9.63. The lowest BCUT2D eigenvalue weighted by atomic mass is 9.93. The molecule has 0 bridgehead atoms. The summed E-state index contributed by atoms with van der Waals surface area (Å²) >= 11 is 0. The number of carboxylic acid groups (broad SMARTS) is 1. The summed E-state index contributed by atoms with van der Waals surface area (Å²) in [7, 11) is 0. The predicted octanol–water partition coefficient (Wildman–Crippen LogP) is 7.59. The Balaban J connectivity index is 1.46. The largest absolute Gasteiger partial charge is 0.489 e. The van der Waals surface area contributed by atoms with E-state index in [4.69, 9.17) is 4.74 Å². The van der Waals surface area contributed by atoms with Crippen molar-refractivity contribution in [1.29, 1.82) is 0 Å². The maximum Gasteiger partial charge on any atom is 0.335 e. The first-order valence-electron chi connectivity index (χ1n) is 13.0. The number of carboxylic acids is 1. The van der Waals surface area contributed by atoms with Crippen molar-refractivity contribution in [3.63, 3.8) is 0 Å². The molecule has 5 aromatic rings. The zero-order valence-corrected chi connectivity index (χ0v) is 21.9. The summed E-state index contributed by atoms with van der Waals surface area (Å²) in [6.07, 6.45) is 0.311. The number of amides is 1. The molecule has 0 fully saturated rings. The van der Waals surface area contributed by atoms with Gasteiger partial charge >= 0.3 is 5.97 Å². The fourth-order valence-corrected chi connectivity index (χ4v) is 4.80. The first kappa shape index (κ1) is 26.6. The maximum absolute atomic E-state index is 14.4. The van der Waals surface area contributed by atoms with Gasteiger partial charge < -0.3 is 15.2 Å². The van der Waals surface area contributed by atoms with E-state index in [9.17, 15) is 19.1 Å². The third kappa shape index (κ3) is 5.86. The monoisotopic (exact) mass is 533 g/mol. The lowest BCUT2D eigenvalue weighted by Gasteiger charge is -2.19. The fraction of sp³-hybridized carbons (Fsp3) is 0.118. The van der Waals surface area contributed by atoms with E-state index in [2.05, 4.69) is 5.32 Å². The van der Waals surface area contributed by atoms with Gasteiger partial charge in [0.1, 0.15) is 18.2 Å². The molecule has 1 atom stereocenters. The van der Waals surface area contributed by atoms with Gasteiger partial charge in [-0.05, 0) is 64.9 Å².